The first-order chi connectivity index (χ1) is 14.7. The Morgan fingerprint density at radius 3 is 2.22 bits per heavy atom. The van der Waals surface area contributed by atoms with E-state index in [2.05, 4.69) is 10.6 Å². The first-order valence-corrected chi connectivity index (χ1v) is 10.5. The SMILES string of the molecule is COC(=O)C(C)(C)N1C[C@@](Cc2ccccc2)(NC(=O)[C@@H](C)NC(=O)OC(C)(C)C)C1=O. The Balaban J connectivity index is 2.20. The number of nitrogens with one attached hydrogen (secondary N) is 2. The number of β-lactam (4-membered cyclic amide) rings is 1. The largest absolute Gasteiger partial charge is 0.467 e. The summed E-state index contributed by atoms with van der Waals surface area (Å²) in [5, 5.41) is 5.28. The maximum absolute atomic E-state index is 13.3. The normalized spacial score (nSPS) is 19.5. The summed E-state index contributed by atoms with van der Waals surface area (Å²) in [6, 6.07) is 8.33. The third-order valence-corrected chi connectivity index (χ3v) is 5.28. The average molecular weight is 448 g/mol. The van der Waals surface area contributed by atoms with E-state index in [1.807, 2.05) is 30.3 Å². The summed E-state index contributed by atoms with van der Waals surface area (Å²) in [6.07, 6.45) is -0.489. The van der Waals surface area contributed by atoms with E-state index in [0.29, 0.717) is 0 Å². The average Bonchev–Trinajstić information content (AvgIpc) is 2.69. The molecule has 1 aliphatic heterocycles. The van der Waals surface area contributed by atoms with Crippen molar-refractivity contribution in [1.29, 1.82) is 0 Å². The number of methoxy groups -OCH3 is 1. The van der Waals surface area contributed by atoms with Crippen LogP contribution in [-0.4, -0.2) is 65.2 Å². The van der Waals surface area contributed by atoms with Crippen LogP contribution < -0.4 is 10.6 Å². The van der Waals surface area contributed by atoms with Crippen LogP contribution in [0.4, 0.5) is 4.79 Å². The van der Waals surface area contributed by atoms with Crippen molar-refractivity contribution in [2.75, 3.05) is 13.7 Å². The van der Waals surface area contributed by atoms with Gasteiger partial charge in [0.05, 0.1) is 13.7 Å². The highest BCUT2D eigenvalue weighted by Crippen LogP contribution is 2.34. The lowest BCUT2D eigenvalue weighted by Crippen LogP contribution is -2.80. The minimum absolute atomic E-state index is 0.119. The van der Waals surface area contributed by atoms with Gasteiger partial charge in [0.15, 0.2) is 0 Å². The van der Waals surface area contributed by atoms with Crippen molar-refractivity contribution in [2.45, 2.75) is 70.7 Å². The second-order valence-electron chi connectivity index (χ2n) is 9.54. The van der Waals surface area contributed by atoms with E-state index in [1.165, 1.54) is 18.9 Å². The summed E-state index contributed by atoms with van der Waals surface area (Å²) < 4.78 is 10.0. The van der Waals surface area contributed by atoms with Gasteiger partial charge in [0.2, 0.25) is 5.91 Å². The van der Waals surface area contributed by atoms with E-state index in [1.54, 1.807) is 34.6 Å². The fourth-order valence-corrected chi connectivity index (χ4v) is 3.49. The molecule has 1 aliphatic rings. The zero-order valence-electron chi connectivity index (χ0n) is 19.8. The summed E-state index contributed by atoms with van der Waals surface area (Å²) in [5.41, 5.74) is -2.28. The quantitative estimate of drug-likeness (QED) is 0.487. The highest BCUT2D eigenvalue weighted by Gasteiger charge is 2.59. The van der Waals surface area contributed by atoms with E-state index in [0.717, 1.165) is 5.56 Å². The summed E-state index contributed by atoms with van der Waals surface area (Å²) in [4.78, 5) is 51.8. The molecule has 32 heavy (non-hydrogen) atoms. The molecule has 1 aromatic rings. The van der Waals surface area contributed by atoms with Crippen LogP contribution in [0, 0.1) is 0 Å². The number of carbonyl (C=O) groups excluding carboxylic acids is 4. The van der Waals surface area contributed by atoms with Gasteiger partial charge in [0, 0.05) is 6.42 Å². The van der Waals surface area contributed by atoms with Gasteiger partial charge in [-0.3, -0.25) is 9.59 Å². The summed E-state index contributed by atoms with van der Waals surface area (Å²) >= 11 is 0. The zero-order valence-corrected chi connectivity index (χ0v) is 19.8. The molecule has 9 nitrogen and oxygen atoms in total. The van der Waals surface area contributed by atoms with Crippen LogP contribution in [0.25, 0.3) is 0 Å². The van der Waals surface area contributed by atoms with Gasteiger partial charge in [-0.25, -0.2) is 9.59 Å². The van der Waals surface area contributed by atoms with Gasteiger partial charge >= 0.3 is 12.1 Å². The summed E-state index contributed by atoms with van der Waals surface area (Å²) in [7, 11) is 1.26. The first-order valence-electron chi connectivity index (χ1n) is 10.5. The maximum atomic E-state index is 13.3. The van der Waals surface area contributed by atoms with Gasteiger partial charge in [0.25, 0.3) is 5.91 Å². The Bertz CT molecular complexity index is 877. The Hall–Kier alpha value is -3.10. The van der Waals surface area contributed by atoms with Crippen molar-refractivity contribution in [1.82, 2.24) is 15.5 Å². The fourth-order valence-electron chi connectivity index (χ4n) is 3.49. The predicted octanol–water partition coefficient (Wildman–Crippen LogP) is 1.79. The third-order valence-electron chi connectivity index (χ3n) is 5.28. The number of esters is 1. The van der Waals surface area contributed by atoms with Crippen LogP contribution in [0.2, 0.25) is 0 Å². The molecular formula is C23H33N3O6. The van der Waals surface area contributed by atoms with Crippen LogP contribution >= 0.6 is 0 Å². The number of amides is 3. The van der Waals surface area contributed by atoms with Gasteiger partial charge < -0.3 is 25.0 Å². The summed E-state index contributed by atoms with van der Waals surface area (Å²) in [6.45, 7) is 9.97. The molecule has 1 fully saturated rings. The lowest BCUT2D eigenvalue weighted by atomic mass is 9.78. The molecule has 9 heteroatoms. The Morgan fingerprint density at radius 1 is 1.12 bits per heavy atom. The lowest BCUT2D eigenvalue weighted by Gasteiger charge is -2.54. The standard InChI is InChI=1S/C23H33N3O6/c1-15(24-20(30)32-21(2,3)4)17(27)25-23(13-16-11-9-8-10-12-16)14-26(18(23)28)22(5,6)19(29)31-7/h8-12,15H,13-14H2,1-7H3,(H,24,30)(H,25,27)/t15-,23-/m1/s1. The molecule has 0 aromatic heterocycles. The number of hydrogen-bond acceptors (Lipinski definition) is 6. The number of nitrogens with zero attached hydrogens (tertiary/aromatic N) is 1. The zero-order chi connectivity index (χ0) is 24.3. The Kier molecular flexibility index (Phi) is 7.22. The van der Waals surface area contributed by atoms with E-state index >= 15 is 0 Å². The van der Waals surface area contributed by atoms with Crippen LogP contribution in [0.5, 0.6) is 0 Å². The lowest BCUT2D eigenvalue weighted by molar-refractivity contribution is -0.176. The Morgan fingerprint density at radius 2 is 1.72 bits per heavy atom. The second kappa shape index (κ2) is 9.18. The monoisotopic (exact) mass is 447 g/mol. The first kappa shape index (κ1) is 25.2. The van der Waals surface area contributed by atoms with E-state index < -0.39 is 46.6 Å². The molecule has 1 saturated heterocycles. The van der Waals surface area contributed by atoms with Gasteiger partial charge in [-0.05, 0) is 47.1 Å². The molecule has 0 bridgehead atoms. The van der Waals surface area contributed by atoms with E-state index in [4.69, 9.17) is 9.47 Å². The van der Waals surface area contributed by atoms with E-state index in [9.17, 15) is 19.2 Å². The van der Waals surface area contributed by atoms with Crippen molar-refractivity contribution >= 4 is 23.9 Å². The minimum Gasteiger partial charge on any atom is -0.467 e. The molecule has 3 amide bonds. The van der Waals surface area contributed by atoms with Gasteiger partial charge in [-0.1, -0.05) is 30.3 Å². The topological polar surface area (TPSA) is 114 Å². The molecule has 2 rings (SSSR count). The third kappa shape index (κ3) is 5.57. The van der Waals surface area contributed by atoms with Gasteiger partial charge in [-0.15, -0.1) is 0 Å². The van der Waals surface area contributed by atoms with Crippen molar-refractivity contribution in [2.24, 2.45) is 0 Å². The molecule has 176 valence electrons. The molecule has 1 heterocycles. The van der Waals surface area contributed by atoms with Crippen molar-refractivity contribution in [3.8, 4) is 0 Å². The van der Waals surface area contributed by atoms with Gasteiger partial charge in [-0.2, -0.15) is 0 Å². The molecule has 0 saturated carbocycles. The minimum atomic E-state index is -1.24. The highest BCUT2D eigenvalue weighted by molar-refractivity contribution is 6.01. The van der Waals surface area contributed by atoms with Crippen molar-refractivity contribution < 1.29 is 28.7 Å². The van der Waals surface area contributed by atoms with Gasteiger partial charge in [0.1, 0.15) is 22.7 Å². The smallest absolute Gasteiger partial charge is 0.408 e. The van der Waals surface area contributed by atoms with Crippen LogP contribution in [0.15, 0.2) is 30.3 Å². The molecule has 2 atom stereocenters. The number of benzene rings is 1. The molecule has 0 aliphatic carbocycles. The molecule has 1 aromatic carbocycles. The van der Waals surface area contributed by atoms with E-state index in [-0.39, 0.29) is 13.0 Å². The number of ether oxygens (including phenoxy) is 2. The Labute approximate surface area is 188 Å². The molecule has 2 N–H and O–H groups in total. The van der Waals surface area contributed by atoms with Crippen molar-refractivity contribution in [3.05, 3.63) is 35.9 Å². The van der Waals surface area contributed by atoms with Crippen LogP contribution in [0.1, 0.15) is 47.1 Å². The molecular weight excluding hydrogens is 414 g/mol. The number of carbonyl (C=O) groups is 4. The number of likely N-dealkylation sites (tertiary alicyclic amines) is 1. The molecule has 0 radical (unpaired) electrons. The molecule has 0 unspecified atom stereocenters. The number of rotatable bonds is 7. The predicted molar refractivity (Wildman–Crippen MR) is 118 cm³/mol. The number of hydrogen-bond donors (Lipinski definition) is 2. The second-order valence-corrected chi connectivity index (χ2v) is 9.54. The van der Waals surface area contributed by atoms with Crippen LogP contribution in [0.3, 0.4) is 0 Å². The fraction of sp³-hybridized carbons (Fsp3) is 0.565. The van der Waals surface area contributed by atoms with Crippen molar-refractivity contribution in [3.63, 3.8) is 0 Å². The summed E-state index contributed by atoms with van der Waals surface area (Å²) in [5.74, 6) is -1.48. The van der Waals surface area contributed by atoms with Crippen LogP contribution in [-0.2, 0) is 30.3 Å². The maximum Gasteiger partial charge on any atom is 0.408 e. The number of alkyl carbamates (subject to hydrolysis) is 1. The highest BCUT2D eigenvalue weighted by atomic mass is 16.6. The molecule has 0 spiro atoms.